The largest absolute Gasteiger partial charge is 0.328 e. The fraction of sp³-hybridized carbons (Fsp3) is 0.444. The molecule has 0 saturated heterocycles. The van der Waals surface area contributed by atoms with E-state index in [0.29, 0.717) is 11.7 Å². The first-order valence-electron chi connectivity index (χ1n) is 5.18. The number of nitrogens with one attached hydrogen (secondary N) is 1. The Hall–Kier alpha value is -1.67. The van der Waals surface area contributed by atoms with E-state index in [-0.39, 0.29) is 11.7 Å². The van der Waals surface area contributed by atoms with Crippen LogP contribution in [0.4, 0.5) is 5.13 Å². The molecule has 2 aromatic rings. The van der Waals surface area contributed by atoms with E-state index in [9.17, 15) is 4.79 Å². The summed E-state index contributed by atoms with van der Waals surface area (Å²) < 4.78 is 3.27. The molecular formula is C9H14N6OS. The predicted octanol–water partition coefficient (Wildman–Crippen LogP) is 0.416. The van der Waals surface area contributed by atoms with Gasteiger partial charge in [0.05, 0.1) is 6.54 Å². The van der Waals surface area contributed by atoms with E-state index in [4.69, 9.17) is 5.84 Å². The van der Waals surface area contributed by atoms with Crippen LogP contribution in [-0.4, -0.2) is 19.3 Å². The number of anilines is 1. The van der Waals surface area contributed by atoms with Crippen LogP contribution in [0.2, 0.25) is 0 Å². The van der Waals surface area contributed by atoms with Gasteiger partial charge in [0.25, 0.3) is 0 Å². The molecule has 0 bridgehead atoms. The van der Waals surface area contributed by atoms with Gasteiger partial charge in [-0.25, -0.2) is 10.6 Å². The number of rotatable bonds is 4. The lowest BCUT2D eigenvalue weighted by molar-refractivity contribution is 0.560. The van der Waals surface area contributed by atoms with Crippen molar-refractivity contribution in [3.8, 4) is 0 Å². The molecule has 8 heteroatoms. The first-order valence-corrected chi connectivity index (χ1v) is 5.99. The second-order valence-electron chi connectivity index (χ2n) is 3.85. The van der Waals surface area contributed by atoms with E-state index in [1.165, 1.54) is 11.3 Å². The minimum Gasteiger partial charge on any atom is -0.298 e. The normalized spacial score (nSPS) is 11.1. The lowest BCUT2D eigenvalue weighted by Crippen LogP contribution is -2.25. The van der Waals surface area contributed by atoms with E-state index in [1.54, 1.807) is 21.5 Å². The number of aromatic nitrogens is 4. The van der Waals surface area contributed by atoms with Gasteiger partial charge in [-0.3, -0.25) is 14.6 Å². The Balaban J connectivity index is 2.22. The molecule has 0 spiro atoms. The SMILES string of the molecule is CC(C)n1ccn(Cc2nnc(NN)s2)c1=O. The van der Waals surface area contributed by atoms with Gasteiger partial charge in [-0.15, -0.1) is 10.2 Å². The third kappa shape index (κ3) is 2.37. The Labute approximate surface area is 102 Å². The maximum absolute atomic E-state index is 11.9. The molecular weight excluding hydrogens is 240 g/mol. The number of nitrogen functional groups attached to an aromatic ring is 1. The van der Waals surface area contributed by atoms with Crippen LogP contribution < -0.4 is 17.0 Å². The second-order valence-corrected chi connectivity index (χ2v) is 4.92. The van der Waals surface area contributed by atoms with Gasteiger partial charge in [0.2, 0.25) is 5.13 Å². The summed E-state index contributed by atoms with van der Waals surface area (Å²) in [6.07, 6.45) is 3.52. The third-order valence-electron chi connectivity index (χ3n) is 2.33. The van der Waals surface area contributed by atoms with Crippen LogP contribution >= 0.6 is 11.3 Å². The molecule has 0 aromatic carbocycles. The third-order valence-corrected chi connectivity index (χ3v) is 3.17. The number of hydrogen-bond acceptors (Lipinski definition) is 6. The molecule has 7 nitrogen and oxygen atoms in total. The van der Waals surface area contributed by atoms with Crippen LogP contribution in [0.3, 0.4) is 0 Å². The standard InChI is InChI=1S/C9H14N6OS/c1-6(2)15-4-3-14(9(15)16)5-7-12-13-8(11-10)17-7/h3-4,6H,5,10H2,1-2H3,(H,11,13). The van der Waals surface area contributed by atoms with Crippen LogP contribution in [0.5, 0.6) is 0 Å². The lowest BCUT2D eigenvalue weighted by atomic mass is 10.4. The predicted molar refractivity (Wildman–Crippen MR) is 65.9 cm³/mol. The summed E-state index contributed by atoms with van der Waals surface area (Å²) in [6, 6.07) is 0.152. The Kier molecular flexibility index (Phi) is 3.25. The van der Waals surface area contributed by atoms with Crippen molar-refractivity contribution < 1.29 is 0 Å². The monoisotopic (exact) mass is 254 g/mol. The van der Waals surface area contributed by atoms with Crippen molar-refractivity contribution in [3.05, 3.63) is 27.9 Å². The number of hydrazine groups is 1. The van der Waals surface area contributed by atoms with Gasteiger partial charge in [0.15, 0.2) is 0 Å². The van der Waals surface area contributed by atoms with Crippen LogP contribution in [0.25, 0.3) is 0 Å². The van der Waals surface area contributed by atoms with Gasteiger partial charge in [0.1, 0.15) is 5.01 Å². The van der Waals surface area contributed by atoms with Crippen LogP contribution in [0.1, 0.15) is 24.9 Å². The minimum absolute atomic E-state index is 0.0440. The summed E-state index contributed by atoms with van der Waals surface area (Å²) in [7, 11) is 0. The number of nitrogens with zero attached hydrogens (tertiary/aromatic N) is 4. The van der Waals surface area contributed by atoms with Crippen molar-refractivity contribution in [2.75, 3.05) is 5.43 Å². The minimum atomic E-state index is -0.0440. The molecule has 0 atom stereocenters. The molecule has 0 aliphatic rings. The highest BCUT2D eigenvalue weighted by molar-refractivity contribution is 7.15. The highest BCUT2D eigenvalue weighted by atomic mass is 32.1. The first-order chi connectivity index (χ1) is 8.11. The van der Waals surface area contributed by atoms with E-state index in [0.717, 1.165) is 5.01 Å². The van der Waals surface area contributed by atoms with Gasteiger partial charge < -0.3 is 0 Å². The molecule has 2 rings (SSSR count). The molecule has 3 N–H and O–H groups in total. The topological polar surface area (TPSA) is 90.8 Å². The molecule has 0 aliphatic heterocycles. The zero-order chi connectivity index (χ0) is 12.4. The summed E-state index contributed by atoms with van der Waals surface area (Å²) in [5.41, 5.74) is 2.38. The average molecular weight is 254 g/mol. The van der Waals surface area contributed by atoms with E-state index in [1.807, 2.05) is 13.8 Å². The molecule has 0 saturated carbocycles. The fourth-order valence-corrected chi connectivity index (χ4v) is 2.11. The molecule has 0 fully saturated rings. The fourth-order valence-electron chi connectivity index (χ4n) is 1.46. The van der Waals surface area contributed by atoms with Crippen molar-refractivity contribution in [1.29, 1.82) is 0 Å². The van der Waals surface area contributed by atoms with Gasteiger partial charge >= 0.3 is 5.69 Å². The molecule has 0 aliphatic carbocycles. The Bertz CT molecular complexity index is 554. The summed E-state index contributed by atoms with van der Waals surface area (Å²) in [5.74, 6) is 5.22. The Morgan fingerprint density at radius 1 is 1.47 bits per heavy atom. The highest BCUT2D eigenvalue weighted by Gasteiger charge is 2.09. The van der Waals surface area contributed by atoms with Crippen molar-refractivity contribution in [2.24, 2.45) is 5.84 Å². The van der Waals surface area contributed by atoms with Crippen molar-refractivity contribution >= 4 is 16.5 Å². The lowest BCUT2D eigenvalue weighted by Gasteiger charge is -2.03. The van der Waals surface area contributed by atoms with Crippen LogP contribution in [0, 0.1) is 0 Å². The summed E-state index contributed by atoms with van der Waals surface area (Å²) in [5, 5.41) is 9.02. The zero-order valence-corrected chi connectivity index (χ0v) is 10.4. The molecule has 17 heavy (non-hydrogen) atoms. The van der Waals surface area contributed by atoms with Crippen LogP contribution in [0.15, 0.2) is 17.2 Å². The van der Waals surface area contributed by atoms with Crippen molar-refractivity contribution in [2.45, 2.75) is 26.4 Å². The molecule has 2 heterocycles. The highest BCUT2D eigenvalue weighted by Crippen LogP contribution is 2.14. The van der Waals surface area contributed by atoms with Crippen molar-refractivity contribution in [1.82, 2.24) is 19.3 Å². The average Bonchev–Trinajstić information content (AvgIpc) is 2.87. The molecule has 2 aromatic heterocycles. The summed E-state index contributed by atoms with van der Waals surface area (Å²) in [4.78, 5) is 11.9. The van der Waals surface area contributed by atoms with E-state index < -0.39 is 0 Å². The van der Waals surface area contributed by atoms with E-state index in [2.05, 4.69) is 15.6 Å². The quantitative estimate of drug-likeness (QED) is 0.609. The van der Waals surface area contributed by atoms with Crippen molar-refractivity contribution in [3.63, 3.8) is 0 Å². The molecule has 0 unspecified atom stereocenters. The number of imidazole rings is 1. The smallest absolute Gasteiger partial charge is 0.298 e. The number of hydrogen-bond donors (Lipinski definition) is 2. The van der Waals surface area contributed by atoms with Gasteiger partial charge in [-0.2, -0.15) is 0 Å². The van der Waals surface area contributed by atoms with E-state index >= 15 is 0 Å². The van der Waals surface area contributed by atoms with Crippen LogP contribution in [-0.2, 0) is 6.54 Å². The molecule has 92 valence electrons. The summed E-state index contributed by atoms with van der Waals surface area (Å²) >= 11 is 1.33. The van der Waals surface area contributed by atoms with Gasteiger partial charge in [-0.1, -0.05) is 11.3 Å². The van der Waals surface area contributed by atoms with Gasteiger partial charge in [-0.05, 0) is 13.8 Å². The Morgan fingerprint density at radius 3 is 2.76 bits per heavy atom. The van der Waals surface area contributed by atoms with Gasteiger partial charge in [0, 0.05) is 18.4 Å². The maximum Gasteiger partial charge on any atom is 0.328 e. The Morgan fingerprint density at radius 2 is 2.24 bits per heavy atom. The zero-order valence-electron chi connectivity index (χ0n) is 9.62. The maximum atomic E-state index is 11.9. The first kappa shape index (κ1) is 11.8. The molecule has 0 radical (unpaired) electrons. The number of nitrogens with two attached hydrogens (primary N) is 1. The summed E-state index contributed by atoms with van der Waals surface area (Å²) in [6.45, 7) is 4.35. The molecule has 0 amide bonds. The second kappa shape index (κ2) is 4.68.